The monoisotopic (exact) mass is 407 g/mol. The predicted molar refractivity (Wildman–Crippen MR) is 108 cm³/mol. The highest BCUT2D eigenvalue weighted by Crippen LogP contribution is 2.26. The molecule has 2 aromatic carbocycles. The molecule has 25 heavy (non-hydrogen) atoms. The number of hydrogen-bond acceptors (Lipinski definition) is 5. The third-order valence-corrected chi connectivity index (χ3v) is 6.17. The topological polar surface area (TPSA) is 46.9 Å². The van der Waals surface area contributed by atoms with Gasteiger partial charge >= 0.3 is 0 Å². The summed E-state index contributed by atoms with van der Waals surface area (Å²) in [5.74, 6) is 0.144. The van der Waals surface area contributed by atoms with Crippen molar-refractivity contribution in [1.29, 1.82) is 0 Å². The maximum atomic E-state index is 12.2. The Kier molecular flexibility index (Phi) is 5.90. The molecule has 0 saturated heterocycles. The van der Waals surface area contributed by atoms with Crippen LogP contribution in [0.1, 0.15) is 5.56 Å². The minimum Gasteiger partial charge on any atom is -0.325 e. The van der Waals surface area contributed by atoms with Crippen molar-refractivity contribution in [2.75, 3.05) is 11.1 Å². The van der Waals surface area contributed by atoms with E-state index in [1.165, 1.54) is 23.1 Å². The highest BCUT2D eigenvalue weighted by Gasteiger charge is 2.11. The zero-order chi connectivity index (χ0) is 17.8. The van der Waals surface area contributed by atoms with E-state index in [4.69, 9.17) is 23.8 Å². The molecule has 0 bridgehead atoms. The van der Waals surface area contributed by atoms with E-state index in [2.05, 4.69) is 10.4 Å². The quantitative estimate of drug-likeness (QED) is 0.457. The smallest absolute Gasteiger partial charge is 0.234 e. The van der Waals surface area contributed by atoms with E-state index in [0.717, 1.165) is 21.3 Å². The summed E-state index contributed by atoms with van der Waals surface area (Å²) in [6.45, 7) is 1.87. The second-order valence-electron chi connectivity index (χ2n) is 5.13. The summed E-state index contributed by atoms with van der Waals surface area (Å²) in [5, 5.41) is 7.99. The maximum Gasteiger partial charge on any atom is 0.234 e. The standard InChI is InChI=1S/C17H14ClN3OS3/c1-11-13(18)8-5-9-14(11)19-15(22)10-24-16-20-21(17(23)25-16)12-6-3-2-4-7-12/h2-9H,10H2,1H3,(H,19,22). The van der Waals surface area contributed by atoms with E-state index in [9.17, 15) is 4.79 Å². The summed E-state index contributed by atoms with van der Waals surface area (Å²) in [6, 6.07) is 15.1. The summed E-state index contributed by atoms with van der Waals surface area (Å²) in [4.78, 5) is 12.2. The Morgan fingerprint density at radius 1 is 1.28 bits per heavy atom. The minimum atomic E-state index is -0.109. The van der Waals surface area contributed by atoms with Gasteiger partial charge in [-0.3, -0.25) is 4.79 Å². The molecule has 0 spiro atoms. The number of rotatable bonds is 5. The molecule has 1 amide bonds. The van der Waals surface area contributed by atoms with Gasteiger partial charge in [0, 0.05) is 10.7 Å². The van der Waals surface area contributed by atoms with E-state index >= 15 is 0 Å². The Hall–Kier alpha value is -1.67. The normalized spacial score (nSPS) is 10.6. The van der Waals surface area contributed by atoms with Crippen LogP contribution in [0.2, 0.25) is 5.02 Å². The Balaban J connectivity index is 1.65. The van der Waals surface area contributed by atoms with Gasteiger partial charge in [-0.1, -0.05) is 59.0 Å². The number of benzene rings is 2. The summed E-state index contributed by atoms with van der Waals surface area (Å²) >= 11 is 14.2. The average Bonchev–Trinajstić information content (AvgIpc) is 2.99. The van der Waals surface area contributed by atoms with Gasteiger partial charge < -0.3 is 5.32 Å². The van der Waals surface area contributed by atoms with E-state index in [0.29, 0.717) is 8.98 Å². The number of para-hydroxylation sites is 1. The first kappa shape index (κ1) is 18.1. The zero-order valence-corrected chi connectivity index (χ0v) is 16.4. The molecule has 0 aliphatic rings. The fourth-order valence-electron chi connectivity index (χ4n) is 2.11. The van der Waals surface area contributed by atoms with Gasteiger partial charge in [0.25, 0.3) is 0 Å². The van der Waals surface area contributed by atoms with Crippen molar-refractivity contribution in [3.05, 3.63) is 63.1 Å². The minimum absolute atomic E-state index is 0.109. The Labute approximate surface area is 163 Å². The number of thioether (sulfide) groups is 1. The molecule has 1 heterocycles. The molecular formula is C17H14ClN3OS3. The van der Waals surface area contributed by atoms with Crippen LogP contribution < -0.4 is 5.32 Å². The Morgan fingerprint density at radius 2 is 2.04 bits per heavy atom. The second kappa shape index (κ2) is 8.14. The van der Waals surface area contributed by atoms with Gasteiger partial charge in [-0.05, 0) is 49.0 Å². The fourth-order valence-corrected chi connectivity index (χ4v) is 4.44. The molecule has 4 nitrogen and oxygen atoms in total. The first-order valence-electron chi connectivity index (χ1n) is 7.38. The predicted octanol–water partition coefficient (Wildman–Crippen LogP) is 5.36. The number of hydrogen-bond donors (Lipinski definition) is 1. The van der Waals surface area contributed by atoms with Gasteiger partial charge in [-0.2, -0.15) is 0 Å². The third kappa shape index (κ3) is 4.49. The van der Waals surface area contributed by atoms with Crippen molar-refractivity contribution in [2.24, 2.45) is 0 Å². The maximum absolute atomic E-state index is 12.2. The van der Waals surface area contributed by atoms with Crippen LogP contribution in [-0.4, -0.2) is 21.4 Å². The number of amides is 1. The van der Waals surface area contributed by atoms with Crippen LogP contribution in [0, 0.1) is 10.9 Å². The van der Waals surface area contributed by atoms with E-state index in [-0.39, 0.29) is 11.7 Å². The lowest BCUT2D eigenvalue weighted by Crippen LogP contribution is -2.14. The van der Waals surface area contributed by atoms with Gasteiger partial charge in [-0.15, -0.1) is 5.10 Å². The number of anilines is 1. The van der Waals surface area contributed by atoms with Crippen LogP contribution in [0.4, 0.5) is 5.69 Å². The van der Waals surface area contributed by atoms with Gasteiger partial charge in [0.15, 0.2) is 8.29 Å². The van der Waals surface area contributed by atoms with Crippen molar-refractivity contribution in [1.82, 2.24) is 9.78 Å². The van der Waals surface area contributed by atoms with Crippen molar-refractivity contribution in [3.8, 4) is 5.69 Å². The lowest BCUT2D eigenvalue weighted by molar-refractivity contribution is -0.113. The van der Waals surface area contributed by atoms with E-state index in [1.807, 2.05) is 49.4 Å². The van der Waals surface area contributed by atoms with Crippen molar-refractivity contribution in [2.45, 2.75) is 11.3 Å². The van der Waals surface area contributed by atoms with Crippen LogP contribution in [-0.2, 0) is 4.79 Å². The second-order valence-corrected chi connectivity index (χ2v) is 8.38. The van der Waals surface area contributed by atoms with Gasteiger partial charge in [0.1, 0.15) is 0 Å². The van der Waals surface area contributed by atoms with Crippen LogP contribution in [0.5, 0.6) is 0 Å². The summed E-state index contributed by atoms with van der Waals surface area (Å²) < 4.78 is 3.12. The lowest BCUT2D eigenvalue weighted by atomic mass is 10.2. The molecule has 3 rings (SSSR count). The molecule has 0 fully saturated rings. The number of carbonyl (C=O) groups is 1. The van der Waals surface area contributed by atoms with Crippen molar-refractivity contribution >= 4 is 58.5 Å². The summed E-state index contributed by atoms with van der Waals surface area (Å²) in [5.41, 5.74) is 2.49. The first-order valence-corrected chi connectivity index (χ1v) is 9.97. The molecule has 128 valence electrons. The van der Waals surface area contributed by atoms with Crippen LogP contribution in [0.3, 0.4) is 0 Å². The molecule has 0 aliphatic carbocycles. The van der Waals surface area contributed by atoms with E-state index < -0.39 is 0 Å². The van der Waals surface area contributed by atoms with Gasteiger partial charge in [-0.25, -0.2) is 4.68 Å². The third-order valence-electron chi connectivity index (χ3n) is 3.40. The average molecular weight is 408 g/mol. The molecule has 1 N–H and O–H groups in total. The largest absolute Gasteiger partial charge is 0.325 e. The van der Waals surface area contributed by atoms with E-state index in [1.54, 1.807) is 10.7 Å². The van der Waals surface area contributed by atoms with Crippen molar-refractivity contribution in [3.63, 3.8) is 0 Å². The molecular weight excluding hydrogens is 394 g/mol. The van der Waals surface area contributed by atoms with Gasteiger partial charge in [0.2, 0.25) is 5.91 Å². The van der Waals surface area contributed by atoms with Crippen LogP contribution in [0.15, 0.2) is 52.9 Å². The number of nitrogens with zero attached hydrogens (tertiary/aromatic N) is 2. The molecule has 0 saturated carbocycles. The molecule has 0 aliphatic heterocycles. The van der Waals surface area contributed by atoms with Crippen molar-refractivity contribution < 1.29 is 4.79 Å². The van der Waals surface area contributed by atoms with Crippen LogP contribution >= 0.6 is 46.9 Å². The number of halogens is 1. The fraction of sp³-hybridized carbons (Fsp3) is 0.118. The number of nitrogens with one attached hydrogen (secondary N) is 1. The number of carbonyl (C=O) groups excluding carboxylic acids is 1. The Morgan fingerprint density at radius 3 is 2.80 bits per heavy atom. The Bertz CT molecular complexity index is 953. The zero-order valence-electron chi connectivity index (χ0n) is 13.2. The number of aromatic nitrogens is 2. The first-order chi connectivity index (χ1) is 12.0. The summed E-state index contributed by atoms with van der Waals surface area (Å²) in [7, 11) is 0. The SMILES string of the molecule is Cc1c(Cl)cccc1NC(=O)CSc1nn(-c2ccccc2)c(=S)s1. The highest BCUT2D eigenvalue weighted by molar-refractivity contribution is 8.01. The highest BCUT2D eigenvalue weighted by atomic mass is 35.5. The molecule has 1 aromatic heterocycles. The summed E-state index contributed by atoms with van der Waals surface area (Å²) in [6.07, 6.45) is 0. The molecule has 0 unspecified atom stereocenters. The molecule has 3 aromatic rings. The molecule has 0 radical (unpaired) electrons. The van der Waals surface area contributed by atoms with Gasteiger partial charge in [0.05, 0.1) is 11.4 Å². The molecule has 0 atom stereocenters. The lowest BCUT2D eigenvalue weighted by Gasteiger charge is -2.08. The molecule has 8 heteroatoms. The van der Waals surface area contributed by atoms with Crippen LogP contribution in [0.25, 0.3) is 5.69 Å².